The molecule has 0 aromatic heterocycles. The van der Waals surface area contributed by atoms with Crippen LogP contribution in [0.5, 0.6) is 0 Å². The van der Waals surface area contributed by atoms with Crippen LogP contribution in [0.4, 0.5) is 0 Å². The summed E-state index contributed by atoms with van der Waals surface area (Å²) in [6.07, 6.45) is 1.68. The van der Waals surface area contributed by atoms with E-state index in [-0.39, 0.29) is 6.15 Å². The Morgan fingerprint density at radius 1 is 1.86 bits per heavy atom. The van der Waals surface area contributed by atoms with Crippen molar-refractivity contribution in [1.82, 2.24) is 16.5 Å². The van der Waals surface area contributed by atoms with Gasteiger partial charge in [-0.05, 0) is 0 Å². The van der Waals surface area contributed by atoms with Crippen molar-refractivity contribution in [2.45, 2.75) is 0 Å². The summed E-state index contributed by atoms with van der Waals surface area (Å²) in [7, 11) is 1.91. The second kappa shape index (κ2) is 2.41. The van der Waals surface area contributed by atoms with Crippen LogP contribution in [0.2, 0.25) is 0 Å². The molecule has 0 saturated carbocycles. The first kappa shape index (κ1) is 6.23. The highest BCUT2D eigenvalue weighted by molar-refractivity contribution is 5.55. The summed E-state index contributed by atoms with van der Waals surface area (Å²) in [5.41, 5.74) is 0. The van der Waals surface area contributed by atoms with E-state index in [0.717, 1.165) is 6.67 Å². The average Bonchev–Trinajstić information content (AvgIpc) is 1.86. The van der Waals surface area contributed by atoms with Crippen molar-refractivity contribution in [2.75, 3.05) is 13.7 Å². The molecule has 0 bridgehead atoms. The van der Waals surface area contributed by atoms with Crippen molar-refractivity contribution in [2.24, 2.45) is 5.10 Å². The van der Waals surface area contributed by atoms with Gasteiger partial charge in [0, 0.05) is 7.05 Å². The van der Waals surface area contributed by atoms with Gasteiger partial charge in [-0.1, -0.05) is 0 Å². The summed E-state index contributed by atoms with van der Waals surface area (Å²) in [4.78, 5) is 0. The Balaban J connectivity index is 0.000000360. The van der Waals surface area contributed by atoms with E-state index < -0.39 is 0 Å². The maximum absolute atomic E-state index is 3.83. The second-order valence-electron chi connectivity index (χ2n) is 1.26. The zero-order valence-corrected chi connectivity index (χ0v) is 4.39. The molecule has 0 spiro atoms. The molecule has 0 radical (unpaired) electrons. The summed E-state index contributed by atoms with van der Waals surface area (Å²) < 4.78 is 0. The Kier molecular flexibility index (Phi) is 2.15. The van der Waals surface area contributed by atoms with Crippen LogP contribution in [0, 0.1) is 0 Å². The van der Waals surface area contributed by atoms with E-state index in [2.05, 4.69) is 10.4 Å². The molecule has 0 fully saturated rings. The van der Waals surface area contributed by atoms with Crippen LogP contribution in [0.15, 0.2) is 5.10 Å². The molecular formula is C3H10N4. The van der Waals surface area contributed by atoms with Crippen molar-refractivity contribution in [3.8, 4) is 0 Å². The SMILES string of the molecule is CN1CNC=N1.N. The van der Waals surface area contributed by atoms with Crippen LogP contribution in [-0.2, 0) is 0 Å². The number of hydrazone groups is 1. The van der Waals surface area contributed by atoms with Crippen LogP contribution in [0.3, 0.4) is 0 Å². The minimum absolute atomic E-state index is 0. The van der Waals surface area contributed by atoms with E-state index in [1.165, 1.54) is 0 Å². The lowest BCUT2D eigenvalue weighted by molar-refractivity contribution is 0.380. The molecule has 1 aliphatic heterocycles. The first-order valence-corrected chi connectivity index (χ1v) is 1.86. The van der Waals surface area contributed by atoms with E-state index >= 15 is 0 Å². The Bertz CT molecular complexity index is 69.3. The molecule has 0 saturated heterocycles. The minimum Gasteiger partial charge on any atom is -0.356 e. The lowest BCUT2D eigenvalue weighted by Gasteiger charge is -1.99. The topological polar surface area (TPSA) is 62.6 Å². The van der Waals surface area contributed by atoms with Crippen molar-refractivity contribution < 1.29 is 0 Å². The van der Waals surface area contributed by atoms with Crippen LogP contribution in [0.1, 0.15) is 0 Å². The van der Waals surface area contributed by atoms with E-state index in [4.69, 9.17) is 0 Å². The number of rotatable bonds is 0. The fourth-order valence-corrected chi connectivity index (χ4v) is 0.353. The van der Waals surface area contributed by atoms with Gasteiger partial charge in [0.1, 0.15) is 13.0 Å². The number of hydrogen-bond acceptors (Lipinski definition) is 4. The van der Waals surface area contributed by atoms with Crippen LogP contribution in [0.25, 0.3) is 0 Å². The zero-order valence-electron chi connectivity index (χ0n) is 4.39. The molecule has 0 aromatic rings. The maximum atomic E-state index is 3.83. The molecule has 1 heterocycles. The Morgan fingerprint density at radius 3 is 2.71 bits per heavy atom. The maximum Gasteiger partial charge on any atom is 0.110 e. The van der Waals surface area contributed by atoms with Crippen LogP contribution >= 0.6 is 0 Å². The molecule has 0 unspecified atom stereocenters. The standard InChI is InChI=1S/C3H7N3.H3N/c1-6-3-4-2-5-6;/h2H,3H2,1H3,(H,4,5);1H3. The molecule has 7 heavy (non-hydrogen) atoms. The van der Waals surface area contributed by atoms with E-state index in [0.29, 0.717) is 0 Å². The smallest absolute Gasteiger partial charge is 0.110 e. The first-order valence-electron chi connectivity index (χ1n) is 1.86. The number of hydrogen-bond donors (Lipinski definition) is 2. The van der Waals surface area contributed by atoms with Gasteiger partial charge < -0.3 is 11.5 Å². The van der Waals surface area contributed by atoms with Gasteiger partial charge in [-0.25, -0.2) is 0 Å². The highest BCUT2D eigenvalue weighted by Crippen LogP contribution is 1.80. The molecule has 1 aliphatic rings. The Morgan fingerprint density at radius 2 is 2.57 bits per heavy atom. The van der Waals surface area contributed by atoms with Gasteiger partial charge in [0.2, 0.25) is 0 Å². The van der Waals surface area contributed by atoms with E-state index in [9.17, 15) is 0 Å². The molecule has 1 rings (SSSR count). The summed E-state index contributed by atoms with van der Waals surface area (Å²) in [6, 6.07) is 0. The monoisotopic (exact) mass is 102 g/mol. The lowest BCUT2D eigenvalue weighted by atomic mass is 11.0. The highest BCUT2D eigenvalue weighted by Gasteiger charge is 1.92. The molecule has 0 aliphatic carbocycles. The predicted molar refractivity (Wildman–Crippen MR) is 29.3 cm³/mol. The molecule has 0 aromatic carbocycles. The largest absolute Gasteiger partial charge is 0.356 e. The fourth-order valence-electron chi connectivity index (χ4n) is 0.353. The normalized spacial score (nSPS) is 15.9. The zero-order chi connectivity index (χ0) is 4.41. The van der Waals surface area contributed by atoms with Gasteiger partial charge in [-0.15, -0.1) is 0 Å². The first-order chi connectivity index (χ1) is 2.89. The highest BCUT2D eigenvalue weighted by atomic mass is 15.5. The fraction of sp³-hybridized carbons (Fsp3) is 0.667. The van der Waals surface area contributed by atoms with Gasteiger partial charge in [0.15, 0.2) is 0 Å². The van der Waals surface area contributed by atoms with Gasteiger partial charge >= 0.3 is 0 Å². The van der Waals surface area contributed by atoms with Crippen LogP contribution < -0.4 is 11.5 Å². The van der Waals surface area contributed by atoms with Gasteiger partial charge in [0.25, 0.3) is 0 Å². The number of nitrogens with zero attached hydrogens (tertiary/aromatic N) is 2. The third-order valence-electron chi connectivity index (χ3n) is 0.666. The molecule has 42 valence electrons. The summed E-state index contributed by atoms with van der Waals surface area (Å²) in [5.74, 6) is 0. The average molecular weight is 102 g/mol. The second-order valence-corrected chi connectivity index (χ2v) is 1.26. The minimum atomic E-state index is 0. The Labute approximate surface area is 42.8 Å². The number of nitrogens with one attached hydrogen (secondary N) is 1. The van der Waals surface area contributed by atoms with E-state index in [1.807, 2.05) is 12.1 Å². The lowest BCUT2D eigenvalue weighted by Crippen LogP contribution is -2.15. The third-order valence-corrected chi connectivity index (χ3v) is 0.666. The van der Waals surface area contributed by atoms with E-state index in [1.54, 1.807) is 6.34 Å². The summed E-state index contributed by atoms with van der Waals surface area (Å²) >= 11 is 0. The molecule has 0 amide bonds. The predicted octanol–water partition coefficient (Wildman–Crippen LogP) is -0.416. The molecule has 4 N–H and O–H groups in total. The molecule has 0 atom stereocenters. The third kappa shape index (κ3) is 1.41. The summed E-state index contributed by atoms with van der Waals surface area (Å²) in [5, 5.41) is 8.56. The Hall–Kier alpha value is -0.770. The summed E-state index contributed by atoms with van der Waals surface area (Å²) in [6.45, 7) is 0.847. The molecule has 4 heteroatoms. The quantitative estimate of drug-likeness (QED) is 0.437. The van der Waals surface area contributed by atoms with Gasteiger partial charge in [0.05, 0.1) is 0 Å². The van der Waals surface area contributed by atoms with Crippen molar-refractivity contribution in [3.05, 3.63) is 0 Å². The van der Waals surface area contributed by atoms with Crippen LogP contribution in [-0.4, -0.2) is 25.1 Å². The van der Waals surface area contributed by atoms with Crippen molar-refractivity contribution in [3.63, 3.8) is 0 Å². The van der Waals surface area contributed by atoms with Gasteiger partial charge in [-0.2, -0.15) is 5.10 Å². The van der Waals surface area contributed by atoms with Gasteiger partial charge in [-0.3, -0.25) is 5.01 Å². The molecule has 4 nitrogen and oxygen atoms in total. The van der Waals surface area contributed by atoms with Crippen molar-refractivity contribution >= 4 is 6.34 Å². The van der Waals surface area contributed by atoms with Crippen molar-refractivity contribution in [1.29, 1.82) is 0 Å². The molecular weight excluding hydrogens is 92.1 g/mol.